The summed E-state index contributed by atoms with van der Waals surface area (Å²) >= 11 is 0. The molecule has 110 valence electrons. The first-order valence-corrected chi connectivity index (χ1v) is 6.50. The smallest absolute Gasteiger partial charge is 0.338 e. The lowest BCUT2D eigenvalue weighted by Gasteiger charge is -2.28. The number of carbonyl (C=O) groups is 2. The molecule has 0 saturated carbocycles. The number of ether oxygens (including phenoxy) is 1. The molecule has 1 atom stereocenters. The van der Waals surface area contributed by atoms with Crippen LogP contribution in [0.1, 0.15) is 52.9 Å². The van der Waals surface area contributed by atoms with Crippen LogP contribution < -0.4 is 5.73 Å². The molecule has 0 aromatic carbocycles. The molecular formula is C14H25NO4. The molecule has 0 aliphatic carbocycles. The summed E-state index contributed by atoms with van der Waals surface area (Å²) in [5.74, 6) is -2.22. The van der Waals surface area contributed by atoms with Crippen molar-refractivity contribution in [1.82, 2.24) is 0 Å². The van der Waals surface area contributed by atoms with Crippen molar-refractivity contribution < 1.29 is 19.4 Å². The van der Waals surface area contributed by atoms with E-state index in [0.29, 0.717) is 6.42 Å². The lowest BCUT2D eigenvalue weighted by molar-refractivity contribution is -0.169. The first-order chi connectivity index (χ1) is 8.63. The SMILES string of the molecule is C=CCCCCC[C@](N)(C(=O)O)C(=O)OC(C)(C)C. The van der Waals surface area contributed by atoms with Gasteiger partial charge in [0.2, 0.25) is 5.54 Å². The van der Waals surface area contributed by atoms with E-state index in [4.69, 9.17) is 15.6 Å². The Morgan fingerprint density at radius 3 is 2.26 bits per heavy atom. The van der Waals surface area contributed by atoms with Gasteiger partial charge in [0.15, 0.2) is 0 Å². The quantitative estimate of drug-likeness (QED) is 0.306. The van der Waals surface area contributed by atoms with E-state index in [1.54, 1.807) is 26.8 Å². The summed E-state index contributed by atoms with van der Waals surface area (Å²) in [6, 6.07) is 0. The number of rotatable bonds is 8. The number of aliphatic carboxylic acids is 1. The van der Waals surface area contributed by atoms with Gasteiger partial charge >= 0.3 is 11.9 Å². The summed E-state index contributed by atoms with van der Waals surface area (Å²) in [5.41, 5.74) is 3.01. The Morgan fingerprint density at radius 1 is 1.26 bits per heavy atom. The van der Waals surface area contributed by atoms with E-state index >= 15 is 0 Å². The van der Waals surface area contributed by atoms with Crippen molar-refractivity contribution in [1.29, 1.82) is 0 Å². The minimum atomic E-state index is -1.96. The van der Waals surface area contributed by atoms with Gasteiger partial charge in [0, 0.05) is 0 Å². The number of carboxylic acid groups (broad SMARTS) is 1. The molecule has 0 aromatic heterocycles. The Balaban J connectivity index is 4.54. The van der Waals surface area contributed by atoms with Gasteiger partial charge in [-0.3, -0.25) is 0 Å². The zero-order chi connectivity index (χ0) is 15.1. The van der Waals surface area contributed by atoms with Crippen LogP contribution in [-0.4, -0.2) is 28.2 Å². The van der Waals surface area contributed by atoms with E-state index in [-0.39, 0.29) is 6.42 Å². The Kier molecular flexibility index (Phi) is 6.76. The van der Waals surface area contributed by atoms with Crippen molar-refractivity contribution in [2.24, 2.45) is 5.73 Å². The molecule has 0 unspecified atom stereocenters. The van der Waals surface area contributed by atoms with Crippen molar-refractivity contribution in [3.63, 3.8) is 0 Å². The van der Waals surface area contributed by atoms with Gasteiger partial charge in [-0.15, -0.1) is 6.58 Å². The minimum absolute atomic E-state index is 0.0778. The van der Waals surface area contributed by atoms with Crippen LogP contribution in [-0.2, 0) is 14.3 Å². The number of esters is 1. The van der Waals surface area contributed by atoms with E-state index in [9.17, 15) is 9.59 Å². The summed E-state index contributed by atoms with van der Waals surface area (Å²) in [5, 5.41) is 9.16. The maximum atomic E-state index is 11.9. The molecule has 0 spiro atoms. The molecule has 0 fully saturated rings. The minimum Gasteiger partial charge on any atom is -0.479 e. The molecule has 0 rings (SSSR count). The van der Waals surface area contributed by atoms with E-state index in [1.807, 2.05) is 0 Å². The van der Waals surface area contributed by atoms with Crippen LogP contribution in [0, 0.1) is 0 Å². The van der Waals surface area contributed by atoms with Gasteiger partial charge in [-0.05, 0) is 40.0 Å². The van der Waals surface area contributed by atoms with Crippen LogP contribution in [0.3, 0.4) is 0 Å². The Labute approximate surface area is 114 Å². The van der Waals surface area contributed by atoms with Gasteiger partial charge in [-0.1, -0.05) is 18.9 Å². The summed E-state index contributed by atoms with van der Waals surface area (Å²) < 4.78 is 5.08. The highest BCUT2D eigenvalue weighted by molar-refractivity contribution is 6.03. The molecule has 0 amide bonds. The van der Waals surface area contributed by atoms with Gasteiger partial charge in [0.25, 0.3) is 0 Å². The molecule has 3 N–H and O–H groups in total. The van der Waals surface area contributed by atoms with E-state index < -0.39 is 23.1 Å². The molecule has 0 heterocycles. The number of hydrogen-bond acceptors (Lipinski definition) is 4. The second-order valence-electron chi connectivity index (χ2n) is 5.67. The summed E-state index contributed by atoms with van der Waals surface area (Å²) in [4.78, 5) is 23.1. The largest absolute Gasteiger partial charge is 0.479 e. The van der Waals surface area contributed by atoms with Crippen LogP contribution in [0.15, 0.2) is 12.7 Å². The van der Waals surface area contributed by atoms with Crippen molar-refractivity contribution in [3.05, 3.63) is 12.7 Å². The lowest BCUT2D eigenvalue weighted by Crippen LogP contribution is -2.57. The zero-order valence-electron chi connectivity index (χ0n) is 12.1. The van der Waals surface area contributed by atoms with Crippen LogP contribution in [0.4, 0.5) is 0 Å². The molecule has 0 bridgehead atoms. The average Bonchev–Trinajstić information content (AvgIpc) is 2.25. The number of unbranched alkanes of at least 4 members (excludes halogenated alkanes) is 3. The van der Waals surface area contributed by atoms with Gasteiger partial charge in [-0.2, -0.15) is 0 Å². The molecule has 0 aliphatic rings. The second kappa shape index (κ2) is 7.28. The number of carboxylic acids is 1. The molecule has 0 radical (unpaired) electrons. The first kappa shape index (κ1) is 17.6. The zero-order valence-corrected chi connectivity index (χ0v) is 12.1. The Bertz CT molecular complexity index is 333. The normalized spacial score (nSPS) is 14.5. The predicted molar refractivity (Wildman–Crippen MR) is 73.7 cm³/mol. The van der Waals surface area contributed by atoms with Gasteiger partial charge < -0.3 is 15.6 Å². The first-order valence-electron chi connectivity index (χ1n) is 6.50. The molecule has 0 saturated heterocycles. The standard InChI is InChI=1S/C14H25NO4/c1-5-6-7-8-9-10-14(15,11(16)17)12(18)19-13(2,3)4/h5H,1,6-10,15H2,2-4H3,(H,16,17)/t14-/m0/s1. The van der Waals surface area contributed by atoms with Crippen molar-refractivity contribution >= 4 is 11.9 Å². The van der Waals surface area contributed by atoms with Gasteiger partial charge in [0.1, 0.15) is 5.60 Å². The number of hydrogen-bond donors (Lipinski definition) is 2. The van der Waals surface area contributed by atoms with E-state index in [2.05, 4.69) is 6.58 Å². The van der Waals surface area contributed by atoms with Crippen LogP contribution in [0.2, 0.25) is 0 Å². The maximum Gasteiger partial charge on any atom is 0.338 e. The monoisotopic (exact) mass is 271 g/mol. The fraction of sp³-hybridized carbons (Fsp3) is 0.714. The summed E-state index contributed by atoms with van der Waals surface area (Å²) in [6.45, 7) is 8.64. The summed E-state index contributed by atoms with van der Waals surface area (Å²) in [7, 11) is 0. The van der Waals surface area contributed by atoms with E-state index in [0.717, 1.165) is 19.3 Å². The van der Waals surface area contributed by atoms with Crippen molar-refractivity contribution in [2.45, 2.75) is 64.0 Å². The molecular weight excluding hydrogens is 246 g/mol. The average molecular weight is 271 g/mol. The fourth-order valence-electron chi connectivity index (χ4n) is 1.53. The lowest BCUT2D eigenvalue weighted by atomic mass is 9.93. The topological polar surface area (TPSA) is 89.6 Å². The predicted octanol–water partition coefficient (Wildman–Crippen LogP) is 2.25. The molecule has 0 aromatic rings. The molecule has 5 nitrogen and oxygen atoms in total. The fourth-order valence-corrected chi connectivity index (χ4v) is 1.53. The highest BCUT2D eigenvalue weighted by Gasteiger charge is 2.44. The highest BCUT2D eigenvalue weighted by Crippen LogP contribution is 2.19. The van der Waals surface area contributed by atoms with Crippen molar-refractivity contribution in [3.8, 4) is 0 Å². The third kappa shape index (κ3) is 6.38. The maximum absolute atomic E-state index is 11.9. The number of carbonyl (C=O) groups excluding carboxylic acids is 1. The van der Waals surface area contributed by atoms with E-state index in [1.165, 1.54) is 0 Å². The molecule has 5 heteroatoms. The van der Waals surface area contributed by atoms with Gasteiger partial charge in [-0.25, -0.2) is 9.59 Å². The molecule has 0 aliphatic heterocycles. The third-order valence-corrected chi connectivity index (χ3v) is 2.62. The second-order valence-corrected chi connectivity index (χ2v) is 5.67. The van der Waals surface area contributed by atoms with Crippen LogP contribution >= 0.6 is 0 Å². The number of nitrogens with two attached hydrogens (primary N) is 1. The Hall–Kier alpha value is -1.36. The third-order valence-electron chi connectivity index (χ3n) is 2.62. The summed E-state index contributed by atoms with van der Waals surface area (Å²) in [6.07, 6.45) is 5.04. The Morgan fingerprint density at radius 2 is 1.84 bits per heavy atom. The van der Waals surface area contributed by atoms with Crippen LogP contribution in [0.25, 0.3) is 0 Å². The van der Waals surface area contributed by atoms with Crippen LogP contribution in [0.5, 0.6) is 0 Å². The highest BCUT2D eigenvalue weighted by atomic mass is 16.6. The van der Waals surface area contributed by atoms with Crippen molar-refractivity contribution in [2.75, 3.05) is 0 Å². The number of allylic oxidation sites excluding steroid dienone is 1. The van der Waals surface area contributed by atoms with Gasteiger partial charge in [0.05, 0.1) is 0 Å². The molecule has 19 heavy (non-hydrogen) atoms.